The third-order valence-electron chi connectivity index (χ3n) is 2.32. The molecule has 0 unspecified atom stereocenters. The van der Waals surface area contributed by atoms with E-state index in [-0.39, 0.29) is 17.1 Å². The highest BCUT2D eigenvalue weighted by molar-refractivity contribution is 7.92. The van der Waals surface area contributed by atoms with Gasteiger partial charge in [-0.1, -0.05) is 0 Å². The number of rotatable bonds is 6. The Bertz CT molecular complexity index is 635. The number of carbonyl (C=O) groups excluding carboxylic acids is 1. The van der Waals surface area contributed by atoms with Crippen LogP contribution in [-0.2, 0) is 14.6 Å². The second-order valence-corrected chi connectivity index (χ2v) is 5.78. The van der Waals surface area contributed by atoms with Crippen molar-refractivity contribution < 1.29 is 17.9 Å². The average Bonchev–Trinajstić information content (AvgIpc) is 2.38. The molecule has 0 aliphatic carbocycles. The highest BCUT2D eigenvalue weighted by Crippen LogP contribution is 2.25. The summed E-state index contributed by atoms with van der Waals surface area (Å²) in [5.74, 6) is -1.17. The maximum Gasteiger partial charge on any atom is 0.236 e. The van der Waals surface area contributed by atoms with Gasteiger partial charge in [0.2, 0.25) is 5.91 Å². The maximum atomic E-state index is 12.1. The molecular formula is C12H15N3O4S. The van der Waals surface area contributed by atoms with Crippen molar-refractivity contribution in [3.8, 4) is 11.8 Å². The second-order valence-electron chi connectivity index (χ2n) is 3.83. The van der Waals surface area contributed by atoms with Crippen LogP contribution in [0.15, 0.2) is 23.1 Å². The molecule has 0 aromatic heterocycles. The summed E-state index contributed by atoms with van der Waals surface area (Å²) in [5.41, 5.74) is 5.67. The number of nitrogen functional groups attached to an aromatic ring is 1. The van der Waals surface area contributed by atoms with Crippen molar-refractivity contribution in [3.63, 3.8) is 0 Å². The molecule has 0 saturated heterocycles. The number of nitrogens with two attached hydrogens (primary N) is 1. The number of sulfone groups is 1. The first-order chi connectivity index (χ1) is 9.40. The van der Waals surface area contributed by atoms with E-state index in [2.05, 4.69) is 5.32 Å². The molecule has 0 radical (unpaired) electrons. The number of carbonyl (C=O) groups is 1. The number of anilines is 1. The SMILES string of the molecule is CCOc1ccc(N)c(S(=O)(=O)CC(=O)NCC#N)c1. The molecule has 1 amide bonds. The van der Waals surface area contributed by atoms with Crippen molar-refractivity contribution in [2.75, 3.05) is 24.6 Å². The summed E-state index contributed by atoms with van der Waals surface area (Å²) >= 11 is 0. The predicted molar refractivity (Wildman–Crippen MR) is 72.7 cm³/mol. The van der Waals surface area contributed by atoms with Crippen molar-refractivity contribution in [2.45, 2.75) is 11.8 Å². The standard InChI is InChI=1S/C12H15N3O4S/c1-2-19-9-3-4-10(14)11(7-9)20(17,18)8-12(16)15-6-5-13/h3-4,7H,2,6,8,14H2,1H3,(H,15,16). The normalized spacial score (nSPS) is 10.6. The van der Waals surface area contributed by atoms with Crippen LogP contribution in [0.25, 0.3) is 0 Å². The Morgan fingerprint density at radius 2 is 2.20 bits per heavy atom. The molecule has 8 heteroatoms. The van der Waals surface area contributed by atoms with E-state index in [1.807, 2.05) is 0 Å². The third kappa shape index (κ3) is 4.13. The van der Waals surface area contributed by atoms with Crippen LogP contribution in [0.5, 0.6) is 5.75 Å². The third-order valence-corrected chi connectivity index (χ3v) is 3.98. The molecule has 0 aliphatic rings. The van der Waals surface area contributed by atoms with E-state index in [9.17, 15) is 13.2 Å². The fourth-order valence-electron chi connectivity index (χ4n) is 1.48. The van der Waals surface area contributed by atoms with Crippen molar-refractivity contribution in [1.82, 2.24) is 5.32 Å². The van der Waals surface area contributed by atoms with Gasteiger partial charge in [0.05, 0.1) is 23.3 Å². The van der Waals surface area contributed by atoms with Gasteiger partial charge in [0.1, 0.15) is 18.0 Å². The quantitative estimate of drug-likeness (QED) is 0.566. The Morgan fingerprint density at radius 1 is 1.50 bits per heavy atom. The summed E-state index contributed by atoms with van der Waals surface area (Å²) in [7, 11) is -3.89. The Morgan fingerprint density at radius 3 is 2.80 bits per heavy atom. The molecule has 20 heavy (non-hydrogen) atoms. The molecule has 0 atom stereocenters. The van der Waals surface area contributed by atoms with E-state index < -0.39 is 21.5 Å². The summed E-state index contributed by atoms with van der Waals surface area (Å²) in [5, 5.41) is 10.5. The van der Waals surface area contributed by atoms with Crippen LogP contribution < -0.4 is 15.8 Å². The molecule has 3 N–H and O–H groups in total. The second kappa shape index (κ2) is 6.77. The van der Waals surface area contributed by atoms with Crippen molar-refractivity contribution in [1.29, 1.82) is 5.26 Å². The average molecular weight is 297 g/mol. The van der Waals surface area contributed by atoms with Crippen LogP contribution in [0.2, 0.25) is 0 Å². The molecule has 0 aliphatic heterocycles. The van der Waals surface area contributed by atoms with Gasteiger partial charge in [-0.15, -0.1) is 0 Å². The van der Waals surface area contributed by atoms with E-state index in [1.165, 1.54) is 12.1 Å². The van der Waals surface area contributed by atoms with Gasteiger partial charge in [-0.25, -0.2) is 8.42 Å². The lowest BCUT2D eigenvalue weighted by molar-refractivity contribution is -0.118. The van der Waals surface area contributed by atoms with E-state index in [0.29, 0.717) is 12.4 Å². The van der Waals surface area contributed by atoms with Crippen LogP contribution >= 0.6 is 0 Å². The molecule has 0 heterocycles. The Balaban J connectivity index is 3.00. The van der Waals surface area contributed by atoms with Gasteiger partial charge in [0.25, 0.3) is 0 Å². The Hall–Kier alpha value is -2.27. The summed E-state index contributed by atoms with van der Waals surface area (Å²) < 4.78 is 29.4. The number of hydrogen-bond acceptors (Lipinski definition) is 6. The topological polar surface area (TPSA) is 122 Å². The van der Waals surface area contributed by atoms with Gasteiger partial charge in [-0.2, -0.15) is 5.26 Å². The molecule has 0 saturated carbocycles. The van der Waals surface area contributed by atoms with E-state index in [1.54, 1.807) is 19.1 Å². The van der Waals surface area contributed by atoms with Gasteiger partial charge in [0.15, 0.2) is 9.84 Å². The van der Waals surface area contributed by atoms with Crippen LogP contribution in [0.1, 0.15) is 6.92 Å². The first-order valence-electron chi connectivity index (χ1n) is 5.79. The first-order valence-corrected chi connectivity index (χ1v) is 7.44. The number of benzene rings is 1. The minimum absolute atomic E-state index is 0.0431. The van der Waals surface area contributed by atoms with Crippen molar-refractivity contribution in [2.24, 2.45) is 0 Å². The van der Waals surface area contributed by atoms with Crippen LogP contribution in [-0.4, -0.2) is 33.2 Å². The molecule has 0 fully saturated rings. The molecule has 1 aromatic rings. The Kier molecular flexibility index (Phi) is 5.34. The van der Waals surface area contributed by atoms with E-state index in [0.717, 1.165) is 0 Å². The zero-order chi connectivity index (χ0) is 15.2. The number of nitriles is 1. The fraction of sp³-hybridized carbons (Fsp3) is 0.333. The largest absolute Gasteiger partial charge is 0.494 e. The van der Waals surface area contributed by atoms with Crippen LogP contribution in [0.3, 0.4) is 0 Å². The fourth-order valence-corrected chi connectivity index (χ4v) is 2.81. The van der Waals surface area contributed by atoms with E-state index in [4.69, 9.17) is 15.7 Å². The lowest BCUT2D eigenvalue weighted by Gasteiger charge is -2.10. The zero-order valence-electron chi connectivity index (χ0n) is 10.9. The number of nitrogens with one attached hydrogen (secondary N) is 1. The number of amides is 1. The molecule has 1 aromatic carbocycles. The monoisotopic (exact) mass is 297 g/mol. The van der Waals surface area contributed by atoms with Crippen molar-refractivity contribution in [3.05, 3.63) is 18.2 Å². The first kappa shape index (κ1) is 15.8. The summed E-state index contributed by atoms with van der Waals surface area (Å²) in [6.07, 6.45) is 0. The lowest BCUT2D eigenvalue weighted by Crippen LogP contribution is -2.30. The Labute approximate surface area is 117 Å². The molecule has 7 nitrogen and oxygen atoms in total. The van der Waals surface area contributed by atoms with Crippen LogP contribution in [0, 0.1) is 11.3 Å². The highest BCUT2D eigenvalue weighted by atomic mass is 32.2. The minimum Gasteiger partial charge on any atom is -0.494 e. The van der Waals surface area contributed by atoms with Gasteiger partial charge in [-0.3, -0.25) is 4.79 Å². The zero-order valence-corrected chi connectivity index (χ0v) is 11.7. The number of ether oxygens (including phenoxy) is 1. The molecule has 0 spiro atoms. The van der Waals surface area contributed by atoms with Crippen molar-refractivity contribution >= 4 is 21.4 Å². The minimum atomic E-state index is -3.89. The summed E-state index contributed by atoms with van der Waals surface area (Å²) in [4.78, 5) is 11.2. The lowest BCUT2D eigenvalue weighted by atomic mass is 10.3. The molecular weight excluding hydrogens is 282 g/mol. The van der Waals surface area contributed by atoms with E-state index >= 15 is 0 Å². The number of hydrogen-bond donors (Lipinski definition) is 2. The number of nitrogens with zero attached hydrogens (tertiary/aromatic N) is 1. The predicted octanol–water partition coefficient (Wildman–Crippen LogP) is 0.0810. The molecule has 108 valence electrons. The van der Waals surface area contributed by atoms with Crippen LogP contribution in [0.4, 0.5) is 5.69 Å². The molecule has 0 bridgehead atoms. The summed E-state index contributed by atoms with van der Waals surface area (Å²) in [6.45, 7) is 1.90. The highest BCUT2D eigenvalue weighted by Gasteiger charge is 2.22. The summed E-state index contributed by atoms with van der Waals surface area (Å²) in [6, 6.07) is 5.93. The maximum absolute atomic E-state index is 12.1. The van der Waals surface area contributed by atoms with Gasteiger partial charge >= 0.3 is 0 Å². The van der Waals surface area contributed by atoms with Gasteiger partial charge < -0.3 is 15.8 Å². The van der Waals surface area contributed by atoms with Gasteiger partial charge in [0, 0.05) is 6.07 Å². The van der Waals surface area contributed by atoms with Gasteiger partial charge in [-0.05, 0) is 19.1 Å². The molecule has 1 rings (SSSR count). The smallest absolute Gasteiger partial charge is 0.236 e.